The minimum Gasteiger partial charge on any atom is -0.217 e. The lowest BCUT2D eigenvalue weighted by molar-refractivity contribution is 0.497. The van der Waals surface area contributed by atoms with Crippen LogP contribution in [0.15, 0.2) is 133 Å². The van der Waals surface area contributed by atoms with E-state index in [2.05, 4.69) is 41.5 Å². The average molecular weight is 750 g/mol. The van der Waals surface area contributed by atoms with Crippen LogP contribution in [0.3, 0.4) is 0 Å². The van der Waals surface area contributed by atoms with Crippen molar-refractivity contribution in [2.45, 2.75) is 52.4 Å². The van der Waals surface area contributed by atoms with Gasteiger partial charge in [-0.1, -0.05) is 139 Å². The van der Waals surface area contributed by atoms with Gasteiger partial charge in [-0.15, -0.1) is 0 Å². The Morgan fingerprint density at radius 1 is 0.298 bits per heavy atom. The average Bonchev–Trinajstić information content (AvgIpc) is 3.23. The van der Waals surface area contributed by atoms with Gasteiger partial charge >= 0.3 is 0 Å². The third kappa shape index (κ3) is 8.21. The van der Waals surface area contributed by atoms with E-state index in [1.165, 1.54) is 12.1 Å². The standard InChI is InChI=1S/C47H40FN9/c1-46(2,3)44-55-43(56-45(57-44)47(4,5)6)35-22-14-21-34(28-35)42-52-38(30-17-11-8-12-18-30)51-41(54-42)33-20-13-19-32(27-33)40-50-37(29-15-9-7-10-16-29)49-39(53-40)31-23-25-36(48)26-24-31/h7-28H,1-6H3. The highest BCUT2D eigenvalue weighted by atomic mass is 19.1. The molecule has 3 heterocycles. The van der Waals surface area contributed by atoms with Crippen LogP contribution in [0.25, 0.3) is 79.7 Å². The Morgan fingerprint density at radius 2 is 0.579 bits per heavy atom. The van der Waals surface area contributed by atoms with E-state index in [1.54, 1.807) is 12.1 Å². The van der Waals surface area contributed by atoms with Crippen LogP contribution in [0.1, 0.15) is 53.2 Å². The van der Waals surface area contributed by atoms with Gasteiger partial charge in [0.25, 0.3) is 0 Å². The molecule has 57 heavy (non-hydrogen) atoms. The monoisotopic (exact) mass is 749 g/mol. The largest absolute Gasteiger partial charge is 0.217 e. The molecule has 8 aromatic rings. The maximum absolute atomic E-state index is 13.9. The quantitative estimate of drug-likeness (QED) is 0.157. The van der Waals surface area contributed by atoms with Crippen LogP contribution in [-0.4, -0.2) is 44.9 Å². The van der Waals surface area contributed by atoms with Crippen LogP contribution in [0, 0.1) is 5.82 Å². The molecule has 0 unspecified atom stereocenters. The van der Waals surface area contributed by atoms with E-state index in [0.717, 1.165) is 45.0 Å². The molecule has 8 rings (SSSR count). The zero-order valence-electron chi connectivity index (χ0n) is 32.6. The highest BCUT2D eigenvalue weighted by molar-refractivity contribution is 5.73. The number of benzene rings is 5. The van der Waals surface area contributed by atoms with Gasteiger partial charge in [-0.2, -0.15) is 0 Å². The number of hydrogen-bond acceptors (Lipinski definition) is 9. The fourth-order valence-electron chi connectivity index (χ4n) is 6.07. The lowest BCUT2D eigenvalue weighted by Crippen LogP contribution is -2.24. The van der Waals surface area contributed by atoms with Crippen molar-refractivity contribution < 1.29 is 4.39 Å². The molecule has 5 aromatic carbocycles. The fourth-order valence-corrected chi connectivity index (χ4v) is 6.07. The second-order valence-corrected chi connectivity index (χ2v) is 15.8. The number of aromatic nitrogens is 9. The van der Waals surface area contributed by atoms with Gasteiger partial charge in [-0.3, -0.25) is 0 Å². The molecule has 0 aliphatic carbocycles. The summed E-state index contributed by atoms with van der Waals surface area (Å²) in [5.74, 6) is 4.62. The van der Waals surface area contributed by atoms with Crippen molar-refractivity contribution in [3.63, 3.8) is 0 Å². The van der Waals surface area contributed by atoms with E-state index >= 15 is 0 Å². The predicted molar refractivity (Wildman–Crippen MR) is 222 cm³/mol. The van der Waals surface area contributed by atoms with Crippen molar-refractivity contribution in [2.75, 3.05) is 0 Å². The van der Waals surface area contributed by atoms with E-state index in [4.69, 9.17) is 44.9 Å². The predicted octanol–water partition coefficient (Wildman–Crippen LogP) is 10.6. The number of halogens is 1. The van der Waals surface area contributed by atoms with Crippen LogP contribution in [-0.2, 0) is 10.8 Å². The van der Waals surface area contributed by atoms with Crippen LogP contribution < -0.4 is 0 Å². The van der Waals surface area contributed by atoms with Gasteiger partial charge in [-0.25, -0.2) is 49.2 Å². The van der Waals surface area contributed by atoms with Crippen molar-refractivity contribution >= 4 is 0 Å². The molecule has 10 heteroatoms. The lowest BCUT2D eigenvalue weighted by atomic mass is 9.93. The van der Waals surface area contributed by atoms with E-state index in [9.17, 15) is 4.39 Å². The summed E-state index contributed by atoms with van der Waals surface area (Å²) in [4.78, 5) is 44.3. The Bertz CT molecular complexity index is 2670. The van der Waals surface area contributed by atoms with Crippen molar-refractivity contribution in [2.24, 2.45) is 0 Å². The second-order valence-electron chi connectivity index (χ2n) is 15.8. The molecule has 0 saturated carbocycles. The van der Waals surface area contributed by atoms with Gasteiger partial charge in [-0.05, 0) is 36.4 Å². The summed E-state index contributed by atoms with van der Waals surface area (Å²) in [6.45, 7) is 12.6. The van der Waals surface area contributed by atoms with E-state index in [-0.39, 0.29) is 16.6 Å². The molecule has 0 amide bonds. The summed E-state index contributed by atoms with van der Waals surface area (Å²) < 4.78 is 13.9. The summed E-state index contributed by atoms with van der Waals surface area (Å²) in [6.07, 6.45) is 0. The first kappa shape index (κ1) is 37.0. The molecule has 0 bridgehead atoms. The highest BCUT2D eigenvalue weighted by Crippen LogP contribution is 2.32. The summed E-state index contributed by atoms with van der Waals surface area (Å²) >= 11 is 0. The highest BCUT2D eigenvalue weighted by Gasteiger charge is 2.26. The maximum Gasteiger partial charge on any atom is 0.164 e. The second kappa shape index (κ2) is 15.0. The third-order valence-electron chi connectivity index (χ3n) is 9.17. The summed E-state index contributed by atoms with van der Waals surface area (Å²) in [7, 11) is 0. The number of rotatable bonds is 7. The molecule has 0 radical (unpaired) electrons. The van der Waals surface area contributed by atoms with Crippen LogP contribution in [0.4, 0.5) is 4.39 Å². The number of hydrogen-bond donors (Lipinski definition) is 0. The zero-order valence-corrected chi connectivity index (χ0v) is 32.6. The Labute approximate surface area is 331 Å². The smallest absolute Gasteiger partial charge is 0.164 e. The minimum absolute atomic E-state index is 0.273. The molecule has 0 saturated heterocycles. The first-order valence-corrected chi connectivity index (χ1v) is 18.7. The summed E-state index contributed by atoms with van der Waals surface area (Å²) in [5.41, 5.74) is 4.91. The first-order chi connectivity index (χ1) is 27.4. The molecular formula is C47H40FN9. The molecule has 3 aromatic heterocycles. The van der Waals surface area contributed by atoms with Gasteiger partial charge in [0.15, 0.2) is 40.8 Å². The molecule has 280 valence electrons. The maximum atomic E-state index is 13.9. The van der Waals surface area contributed by atoms with E-state index in [0.29, 0.717) is 46.3 Å². The third-order valence-corrected chi connectivity index (χ3v) is 9.17. The van der Waals surface area contributed by atoms with Gasteiger partial charge in [0.2, 0.25) is 0 Å². The van der Waals surface area contributed by atoms with Gasteiger partial charge in [0.05, 0.1) is 0 Å². The molecule has 0 spiro atoms. The van der Waals surface area contributed by atoms with Gasteiger partial charge in [0, 0.05) is 49.8 Å². The molecular weight excluding hydrogens is 710 g/mol. The summed E-state index contributed by atoms with van der Waals surface area (Å²) in [5, 5.41) is 0. The van der Waals surface area contributed by atoms with Crippen molar-refractivity contribution in [1.29, 1.82) is 0 Å². The first-order valence-electron chi connectivity index (χ1n) is 18.7. The lowest BCUT2D eigenvalue weighted by Gasteiger charge is -2.22. The van der Waals surface area contributed by atoms with Gasteiger partial charge < -0.3 is 0 Å². The van der Waals surface area contributed by atoms with E-state index < -0.39 is 0 Å². The van der Waals surface area contributed by atoms with E-state index in [1.807, 2.05) is 109 Å². The molecule has 0 fully saturated rings. The Kier molecular flexibility index (Phi) is 9.71. The Balaban J connectivity index is 1.25. The van der Waals surface area contributed by atoms with Crippen molar-refractivity contribution in [3.05, 3.63) is 151 Å². The number of nitrogens with zero attached hydrogens (tertiary/aromatic N) is 9. The SMILES string of the molecule is CC(C)(C)c1nc(-c2cccc(-c3nc(-c4ccccc4)nc(-c4cccc(-c5nc(-c6ccccc6)nc(-c6ccc(F)cc6)n5)c4)n3)c2)nc(C(C)(C)C)n1. The molecule has 0 N–H and O–H groups in total. The van der Waals surface area contributed by atoms with Crippen LogP contribution in [0.2, 0.25) is 0 Å². The van der Waals surface area contributed by atoms with Crippen molar-refractivity contribution in [3.8, 4) is 79.7 Å². The van der Waals surface area contributed by atoms with Crippen molar-refractivity contribution in [1.82, 2.24) is 44.9 Å². The topological polar surface area (TPSA) is 116 Å². The Morgan fingerprint density at radius 3 is 0.912 bits per heavy atom. The molecule has 0 aliphatic heterocycles. The fraction of sp³-hybridized carbons (Fsp3) is 0.170. The van der Waals surface area contributed by atoms with Crippen LogP contribution in [0.5, 0.6) is 0 Å². The molecule has 9 nitrogen and oxygen atoms in total. The Hall–Kier alpha value is -6.94. The summed E-state index contributed by atoms with van der Waals surface area (Å²) in [6, 6.07) is 41.5. The van der Waals surface area contributed by atoms with Gasteiger partial charge in [0.1, 0.15) is 17.5 Å². The zero-order chi connectivity index (χ0) is 39.7. The molecule has 0 aliphatic rings. The minimum atomic E-state index is -0.336. The van der Waals surface area contributed by atoms with Crippen LogP contribution >= 0.6 is 0 Å². The normalized spacial score (nSPS) is 11.8. The molecule has 0 atom stereocenters.